The minimum absolute atomic E-state index is 0.161. The van der Waals surface area contributed by atoms with Gasteiger partial charge in [0.25, 0.3) is 11.8 Å². The van der Waals surface area contributed by atoms with Crippen LogP contribution < -0.4 is 4.90 Å². The molecule has 0 bridgehead atoms. The topological polar surface area (TPSA) is 93.6 Å². The van der Waals surface area contributed by atoms with Crippen LogP contribution in [0.25, 0.3) is 22.2 Å². The fourth-order valence-corrected chi connectivity index (χ4v) is 6.07. The minimum atomic E-state index is -0.716. The molecule has 0 N–H and O–H groups in total. The monoisotopic (exact) mass is 672 g/mol. The van der Waals surface area contributed by atoms with Crippen LogP contribution in [0.4, 0.5) is 5.69 Å². The lowest BCUT2D eigenvalue weighted by Gasteiger charge is -2.15. The van der Waals surface area contributed by atoms with Crippen molar-refractivity contribution in [3.63, 3.8) is 0 Å². The van der Waals surface area contributed by atoms with Crippen LogP contribution in [0.2, 0.25) is 10.0 Å². The zero-order valence-corrected chi connectivity index (χ0v) is 25.5. The van der Waals surface area contributed by atoms with Crippen LogP contribution in [-0.2, 0) is 4.74 Å². The number of hydrogen-bond donors (Lipinski definition) is 0. The van der Waals surface area contributed by atoms with Crippen LogP contribution in [0.3, 0.4) is 0 Å². The molecule has 1 aliphatic rings. The molecule has 10 heteroatoms. The Hall–Kier alpha value is -4.37. The normalized spacial score (nSPS) is 12.5. The molecule has 0 unspecified atom stereocenters. The number of Topliss-reactive ketones (excluding diaryl/α,β-unsaturated/α-hetero) is 1. The van der Waals surface area contributed by atoms with Crippen molar-refractivity contribution in [3.05, 3.63) is 127 Å². The average molecular weight is 674 g/mol. The summed E-state index contributed by atoms with van der Waals surface area (Å²) in [6.45, 7) is 1.34. The van der Waals surface area contributed by atoms with Crippen molar-refractivity contribution >= 4 is 79.3 Å². The molecular formula is C33H19BrCl2N2O5. The standard InChI is InChI=1S/C33H19BrCl2N2O5/c1-17-12-19(34)13-25-26(33(42)43-16-29(39)24-11-8-20(35)14-27(24)36)15-28(37-30(17)25)18-6-9-21(10-7-18)38-31(40)22-4-2-3-5-23(22)32(38)41/h2-15H,16H2,1H3. The molecular weight excluding hydrogens is 655 g/mol. The molecule has 0 aliphatic carbocycles. The highest BCUT2D eigenvalue weighted by molar-refractivity contribution is 9.10. The molecule has 2 amide bonds. The summed E-state index contributed by atoms with van der Waals surface area (Å²) >= 11 is 15.6. The van der Waals surface area contributed by atoms with Crippen molar-refractivity contribution in [1.29, 1.82) is 0 Å². The molecule has 0 fully saturated rings. The van der Waals surface area contributed by atoms with Crippen LogP contribution in [0, 0.1) is 6.92 Å². The first kappa shape index (κ1) is 28.7. The Bertz CT molecular complexity index is 1970. The van der Waals surface area contributed by atoms with Crippen LogP contribution in [0.15, 0.2) is 89.4 Å². The van der Waals surface area contributed by atoms with E-state index in [1.54, 1.807) is 60.7 Å². The van der Waals surface area contributed by atoms with Gasteiger partial charge in [-0.1, -0.05) is 63.4 Å². The average Bonchev–Trinajstić information content (AvgIpc) is 3.24. The summed E-state index contributed by atoms with van der Waals surface area (Å²) in [4.78, 5) is 57.9. The number of rotatable bonds is 6. The number of amides is 2. The molecule has 4 aromatic carbocycles. The van der Waals surface area contributed by atoms with E-state index >= 15 is 0 Å². The van der Waals surface area contributed by atoms with Crippen molar-refractivity contribution in [1.82, 2.24) is 4.98 Å². The van der Waals surface area contributed by atoms with Gasteiger partial charge in [0.15, 0.2) is 6.61 Å². The number of hydrogen-bond acceptors (Lipinski definition) is 6. The second-order valence-electron chi connectivity index (χ2n) is 9.84. The molecule has 1 aromatic heterocycles. The first-order valence-corrected chi connectivity index (χ1v) is 14.5. The zero-order valence-electron chi connectivity index (χ0n) is 22.4. The number of carbonyl (C=O) groups excluding carboxylic acids is 4. The number of esters is 1. The molecule has 0 radical (unpaired) electrons. The third kappa shape index (κ3) is 5.33. The van der Waals surface area contributed by atoms with E-state index in [9.17, 15) is 19.2 Å². The van der Waals surface area contributed by atoms with E-state index in [4.69, 9.17) is 32.9 Å². The molecule has 6 rings (SSSR count). The first-order valence-electron chi connectivity index (χ1n) is 13.0. The number of pyridine rings is 1. The van der Waals surface area contributed by atoms with Crippen LogP contribution in [0.1, 0.15) is 47.0 Å². The maximum absolute atomic E-state index is 13.4. The molecule has 0 saturated carbocycles. The molecule has 2 heterocycles. The van der Waals surface area contributed by atoms with Crippen molar-refractivity contribution in [3.8, 4) is 11.3 Å². The second-order valence-corrected chi connectivity index (χ2v) is 11.6. The minimum Gasteiger partial charge on any atom is -0.454 e. The maximum atomic E-state index is 13.4. The Balaban J connectivity index is 1.32. The number of halogens is 3. The Kier molecular flexibility index (Phi) is 7.60. The fraction of sp³-hybridized carbons (Fsp3) is 0.0606. The smallest absolute Gasteiger partial charge is 0.339 e. The predicted molar refractivity (Wildman–Crippen MR) is 168 cm³/mol. The molecule has 5 aromatic rings. The van der Waals surface area contributed by atoms with Gasteiger partial charge in [-0.2, -0.15) is 0 Å². The Labute approximate surface area is 264 Å². The van der Waals surface area contributed by atoms with Gasteiger partial charge in [0, 0.05) is 26.0 Å². The lowest BCUT2D eigenvalue weighted by Crippen LogP contribution is -2.29. The molecule has 0 saturated heterocycles. The van der Waals surface area contributed by atoms with Crippen molar-refractivity contribution in [2.45, 2.75) is 6.92 Å². The van der Waals surface area contributed by atoms with Crippen molar-refractivity contribution < 1.29 is 23.9 Å². The third-order valence-corrected chi connectivity index (χ3v) is 8.08. The molecule has 0 atom stereocenters. The molecule has 0 spiro atoms. The number of fused-ring (bicyclic) bond motifs is 2. The third-order valence-electron chi connectivity index (χ3n) is 7.07. The molecule has 43 heavy (non-hydrogen) atoms. The number of ether oxygens (including phenoxy) is 1. The molecule has 7 nitrogen and oxygen atoms in total. The van der Waals surface area contributed by atoms with Crippen LogP contribution in [0.5, 0.6) is 0 Å². The van der Waals surface area contributed by atoms with Crippen LogP contribution in [-0.4, -0.2) is 35.2 Å². The second kappa shape index (κ2) is 11.4. The van der Waals surface area contributed by atoms with E-state index in [0.717, 1.165) is 14.9 Å². The number of ketones is 1. The maximum Gasteiger partial charge on any atom is 0.339 e. The largest absolute Gasteiger partial charge is 0.454 e. The van der Waals surface area contributed by atoms with E-state index in [1.807, 2.05) is 13.0 Å². The number of aromatic nitrogens is 1. The van der Waals surface area contributed by atoms with Gasteiger partial charge in [-0.3, -0.25) is 14.4 Å². The summed E-state index contributed by atoms with van der Waals surface area (Å²) in [5, 5.41) is 1.08. The number of aryl methyl sites for hydroxylation is 1. The summed E-state index contributed by atoms with van der Waals surface area (Å²) in [5.74, 6) is -1.97. The molecule has 212 valence electrons. The lowest BCUT2D eigenvalue weighted by molar-refractivity contribution is 0.0476. The SMILES string of the molecule is Cc1cc(Br)cc2c(C(=O)OCC(=O)c3ccc(Cl)cc3Cl)cc(-c3ccc(N4C(=O)c5ccccc5C4=O)cc3)nc12. The van der Waals surface area contributed by atoms with Crippen LogP contribution >= 0.6 is 39.1 Å². The highest BCUT2D eigenvalue weighted by atomic mass is 79.9. The Morgan fingerprint density at radius 3 is 2.19 bits per heavy atom. The number of benzene rings is 4. The highest BCUT2D eigenvalue weighted by Crippen LogP contribution is 2.33. The number of anilines is 1. The van der Waals surface area contributed by atoms with Gasteiger partial charge in [-0.05, 0) is 73.2 Å². The quantitative estimate of drug-likeness (QED) is 0.103. The summed E-state index contributed by atoms with van der Waals surface area (Å²) in [6.07, 6.45) is 0. The summed E-state index contributed by atoms with van der Waals surface area (Å²) in [6, 6.07) is 23.1. The molecule has 1 aliphatic heterocycles. The van der Waals surface area contributed by atoms with Gasteiger partial charge in [0.05, 0.1) is 38.6 Å². The predicted octanol–water partition coefficient (Wildman–Crippen LogP) is 8.12. The van der Waals surface area contributed by atoms with Gasteiger partial charge >= 0.3 is 5.97 Å². The van der Waals surface area contributed by atoms with E-state index in [-0.39, 0.29) is 16.1 Å². The fourth-order valence-electron chi connectivity index (χ4n) is 4.98. The number of nitrogens with zero attached hydrogens (tertiary/aromatic N) is 2. The van der Waals surface area contributed by atoms with Crippen molar-refractivity contribution in [2.75, 3.05) is 11.5 Å². The van der Waals surface area contributed by atoms with Gasteiger partial charge < -0.3 is 4.74 Å². The summed E-state index contributed by atoms with van der Waals surface area (Å²) < 4.78 is 6.19. The zero-order chi connectivity index (χ0) is 30.4. The van der Waals surface area contributed by atoms with Crippen molar-refractivity contribution in [2.24, 2.45) is 0 Å². The Morgan fingerprint density at radius 2 is 1.53 bits per heavy atom. The summed E-state index contributed by atoms with van der Waals surface area (Å²) in [5.41, 5.74) is 4.02. The number of imide groups is 1. The van der Waals surface area contributed by atoms with Gasteiger partial charge in [-0.25, -0.2) is 14.7 Å². The van der Waals surface area contributed by atoms with E-state index in [0.29, 0.717) is 44.0 Å². The lowest BCUT2D eigenvalue weighted by atomic mass is 10.0. The highest BCUT2D eigenvalue weighted by Gasteiger charge is 2.36. The van der Waals surface area contributed by atoms with Gasteiger partial charge in [0.2, 0.25) is 5.78 Å². The van der Waals surface area contributed by atoms with Gasteiger partial charge in [0.1, 0.15) is 0 Å². The summed E-state index contributed by atoms with van der Waals surface area (Å²) in [7, 11) is 0. The number of carbonyl (C=O) groups is 4. The van der Waals surface area contributed by atoms with E-state index in [1.165, 1.54) is 18.2 Å². The van der Waals surface area contributed by atoms with E-state index in [2.05, 4.69) is 15.9 Å². The van der Waals surface area contributed by atoms with E-state index < -0.39 is 30.2 Å². The Morgan fingerprint density at radius 1 is 0.860 bits per heavy atom. The van der Waals surface area contributed by atoms with Gasteiger partial charge in [-0.15, -0.1) is 0 Å². The first-order chi connectivity index (χ1) is 20.6.